The molecule has 3 heterocycles. The first-order valence-electron chi connectivity index (χ1n) is 11.0. The second-order valence-electron chi connectivity index (χ2n) is 7.93. The van der Waals surface area contributed by atoms with E-state index in [-0.39, 0.29) is 0 Å². The lowest BCUT2D eigenvalue weighted by Gasteiger charge is -2.36. The lowest BCUT2D eigenvalue weighted by molar-refractivity contribution is -0.131. The Morgan fingerprint density at radius 1 is 1.10 bits per heavy atom. The molecular weight excluding hydrogens is 444 g/mol. The highest BCUT2D eigenvalue weighted by atomic mass is 33.1. The Morgan fingerprint density at radius 2 is 1.90 bits per heavy atom. The molecule has 8 heteroatoms. The van der Waals surface area contributed by atoms with Crippen molar-refractivity contribution in [3.63, 3.8) is 0 Å². The predicted octanol–water partition coefficient (Wildman–Crippen LogP) is 5.15. The van der Waals surface area contributed by atoms with Crippen LogP contribution in [0.3, 0.4) is 0 Å². The number of benzene rings is 1. The molecule has 31 heavy (non-hydrogen) atoms. The van der Waals surface area contributed by atoms with Crippen molar-refractivity contribution in [3.05, 3.63) is 46.7 Å². The van der Waals surface area contributed by atoms with Crippen molar-refractivity contribution >= 4 is 56.0 Å². The number of unbranched alkanes of at least 4 members (excludes halogenated alkanes) is 1. The van der Waals surface area contributed by atoms with Gasteiger partial charge in [0.1, 0.15) is 5.84 Å². The molecule has 0 aliphatic carbocycles. The summed E-state index contributed by atoms with van der Waals surface area (Å²) in [4.78, 5) is 22.4. The number of amides is 1. The fourth-order valence-corrected chi connectivity index (χ4v) is 7.60. The summed E-state index contributed by atoms with van der Waals surface area (Å²) in [5, 5.41) is 2.81. The molecule has 1 aromatic heterocycles. The van der Waals surface area contributed by atoms with Crippen LogP contribution in [-0.2, 0) is 4.79 Å². The van der Waals surface area contributed by atoms with Crippen molar-refractivity contribution in [2.45, 2.75) is 37.4 Å². The number of hydrogen-bond donors (Lipinski definition) is 1. The van der Waals surface area contributed by atoms with Crippen LogP contribution < -0.4 is 10.6 Å². The second-order valence-corrected chi connectivity index (χ2v) is 11.7. The zero-order valence-corrected chi connectivity index (χ0v) is 20.2. The van der Waals surface area contributed by atoms with Crippen LogP contribution in [0.4, 0.5) is 11.4 Å². The average Bonchev–Trinajstić information content (AvgIpc) is 3.52. The van der Waals surface area contributed by atoms with E-state index in [0.717, 1.165) is 48.4 Å². The van der Waals surface area contributed by atoms with Crippen molar-refractivity contribution in [2.24, 2.45) is 10.7 Å². The summed E-state index contributed by atoms with van der Waals surface area (Å²) in [7, 11) is 4.03. The third-order valence-electron chi connectivity index (χ3n) is 5.76. The summed E-state index contributed by atoms with van der Waals surface area (Å²) in [5.74, 6) is 2.16. The first-order valence-corrected chi connectivity index (χ1v) is 14.2. The maximum absolute atomic E-state index is 12.6. The van der Waals surface area contributed by atoms with E-state index < -0.39 is 0 Å². The van der Waals surface area contributed by atoms with Gasteiger partial charge in [-0.15, -0.1) is 11.3 Å². The number of carbonyl (C=O) groups excluding carboxylic acids is 1. The zero-order chi connectivity index (χ0) is 21.5. The predicted molar refractivity (Wildman–Crippen MR) is 137 cm³/mol. The fourth-order valence-electron chi connectivity index (χ4n) is 3.94. The van der Waals surface area contributed by atoms with Crippen molar-refractivity contribution in [1.29, 1.82) is 0 Å². The monoisotopic (exact) mass is 474 g/mol. The van der Waals surface area contributed by atoms with Crippen LogP contribution in [0, 0.1) is 0 Å². The molecule has 1 amide bonds. The number of carbonyl (C=O) groups is 1. The molecule has 1 aromatic carbocycles. The minimum atomic E-state index is 0.321. The number of nitrogens with two attached hydrogens (primary N) is 1. The van der Waals surface area contributed by atoms with Gasteiger partial charge in [-0.1, -0.05) is 34.1 Å². The summed E-state index contributed by atoms with van der Waals surface area (Å²) in [5.41, 5.74) is 8.11. The molecular formula is C23H30N4OS3. The van der Waals surface area contributed by atoms with Crippen LogP contribution in [-0.4, -0.2) is 53.8 Å². The fraction of sp³-hybridized carbons (Fsp3) is 0.478. The molecule has 166 valence electrons. The van der Waals surface area contributed by atoms with E-state index in [4.69, 9.17) is 5.73 Å². The molecule has 0 spiro atoms. The van der Waals surface area contributed by atoms with Crippen LogP contribution in [0.25, 0.3) is 0 Å². The van der Waals surface area contributed by atoms with Gasteiger partial charge in [-0.3, -0.25) is 4.79 Å². The van der Waals surface area contributed by atoms with Crippen molar-refractivity contribution in [2.75, 3.05) is 36.8 Å². The highest BCUT2D eigenvalue weighted by Crippen LogP contribution is 2.39. The SMILES string of the molecule is N/C(=N\c1ccc(N2CCN(C(=O)CCCCC3CCSS3)CC2)cc1)c1cccs1. The minimum Gasteiger partial charge on any atom is -0.383 e. The van der Waals surface area contributed by atoms with Crippen molar-refractivity contribution < 1.29 is 4.79 Å². The summed E-state index contributed by atoms with van der Waals surface area (Å²) >= 11 is 1.59. The Bertz CT molecular complexity index is 855. The van der Waals surface area contributed by atoms with E-state index in [1.54, 1.807) is 11.3 Å². The summed E-state index contributed by atoms with van der Waals surface area (Å²) in [6.07, 6.45) is 5.49. The highest BCUT2D eigenvalue weighted by Gasteiger charge is 2.21. The van der Waals surface area contributed by atoms with Gasteiger partial charge < -0.3 is 15.5 Å². The Balaban J connectivity index is 1.20. The molecule has 0 radical (unpaired) electrons. The molecule has 1 atom stereocenters. The van der Waals surface area contributed by atoms with E-state index in [1.165, 1.54) is 30.7 Å². The molecule has 2 aliphatic rings. The number of piperazine rings is 1. The molecule has 1 unspecified atom stereocenters. The third-order valence-corrected chi connectivity index (χ3v) is 9.66. The van der Waals surface area contributed by atoms with Crippen molar-refractivity contribution in [1.82, 2.24) is 4.90 Å². The van der Waals surface area contributed by atoms with E-state index in [2.05, 4.69) is 22.0 Å². The van der Waals surface area contributed by atoms with Gasteiger partial charge in [0.05, 0.1) is 10.6 Å². The van der Waals surface area contributed by atoms with Crippen LogP contribution >= 0.6 is 32.9 Å². The number of aliphatic imine (C=N–C) groups is 1. The summed E-state index contributed by atoms with van der Waals surface area (Å²) < 4.78 is 0. The van der Waals surface area contributed by atoms with Gasteiger partial charge in [0.2, 0.25) is 5.91 Å². The molecule has 2 N–H and O–H groups in total. The lowest BCUT2D eigenvalue weighted by Crippen LogP contribution is -2.48. The van der Waals surface area contributed by atoms with Gasteiger partial charge in [0, 0.05) is 49.3 Å². The molecule has 2 saturated heterocycles. The Kier molecular flexibility index (Phi) is 8.21. The van der Waals surface area contributed by atoms with Gasteiger partial charge in [0.15, 0.2) is 0 Å². The van der Waals surface area contributed by atoms with Gasteiger partial charge in [0.25, 0.3) is 0 Å². The number of nitrogens with zero attached hydrogens (tertiary/aromatic N) is 3. The standard InChI is InChI=1S/C23H30N4OS3/c24-23(21-5-3-16-29-21)25-18-7-9-19(10-8-18)26-12-14-27(15-13-26)22(28)6-2-1-4-20-11-17-30-31-20/h3,5,7-10,16,20H,1-2,4,6,11-15,17H2,(H2,24,25). The normalized spacial score (nSPS) is 19.7. The van der Waals surface area contributed by atoms with E-state index in [1.807, 2.05) is 56.1 Å². The van der Waals surface area contributed by atoms with E-state index in [0.29, 0.717) is 18.2 Å². The maximum atomic E-state index is 12.6. The van der Waals surface area contributed by atoms with Crippen LogP contribution in [0.5, 0.6) is 0 Å². The average molecular weight is 475 g/mol. The topological polar surface area (TPSA) is 61.9 Å². The number of thiophene rings is 1. The van der Waals surface area contributed by atoms with Gasteiger partial charge in [-0.2, -0.15) is 0 Å². The largest absolute Gasteiger partial charge is 0.383 e. The van der Waals surface area contributed by atoms with Gasteiger partial charge in [-0.05, 0) is 55.0 Å². The minimum absolute atomic E-state index is 0.321. The van der Waals surface area contributed by atoms with Gasteiger partial charge >= 0.3 is 0 Å². The van der Waals surface area contributed by atoms with Gasteiger partial charge in [-0.25, -0.2) is 4.99 Å². The lowest BCUT2D eigenvalue weighted by atomic mass is 10.1. The first kappa shape index (κ1) is 22.6. The first-order chi connectivity index (χ1) is 15.2. The summed E-state index contributed by atoms with van der Waals surface area (Å²) in [6.45, 7) is 3.36. The summed E-state index contributed by atoms with van der Waals surface area (Å²) in [6, 6.07) is 12.2. The van der Waals surface area contributed by atoms with Crippen LogP contribution in [0.2, 0.25) is 0 Å². The number of rotatable bonds is 8. The van der Waals surface area contributed by atoms with E-state index >= 15 is 0 Å². The molecule has 2 fully saturated rings. The molecule has 2 aromatic rings. The van der Waals surface area contributed by atoms with Crippen molar-refractivity contribution in [3.8, 4) is 0 Å². The maximum Gasteiger partial charge on any atom is 0.222 e. The Labute approximate surface area is 196 Å². The smallest absolute Gasteiger partial charge is 0.222 e. The molecule has 2 aliphatic heterocycles. The molecule has 0 saturated carbocycles. The van der Waals surface area contributed by atoms with E-state index in [9.17, 15) is 4.79 Å². The second kappa shape index (κ2) is 11.3. The zero-order valence-electron chi connectivity index (χ0n) is 17.7. The third kappa shape index (κ3) is 6.43. The number of hydrogen-bond acceptors (Lipinski definition) is 6. The number of amidine groups is 1. The van der Waals surface area contributed by atoms with Crippen LogP contribution in [0.1, 0.15) is 37.0 Å². The molecule has 4 rings (SSSR count). The highest BCUT2D eigenvalue weighted by molar-refractivity contribution is 8.77. The Hall–Kier alpha value is -1.64. The van der Waals surface area contributed by atoms with Crippen LogP contribution in [0.15, 0.2) is 46.8 Å². The molecule has 0 bridgehead atoms. The quantitative estimate of drug-likeness (QED) is 0.248. The Morgan fingerprint density at radius 3 is 2.58 bits per heavy atom. The number of anilines is 1. The molecule has 5 nitrogen and oxygen atoms in total.